The summed E-state index contributed by atoms with van der Waals surface area (Å²) in [6, 6.07) is 12.0. The van der Waals surface area contributed by atoms with Gasteiger partial charge in [-0.25, -0.2) is 4.39 Å². The van der Waals surface area contributed by atoms with Gasteiger partial charge in [0.15, 0.2) is 0 Å². The topological polar surface area (TPSA) is 82.9 Å². The van der Waals surface area contributed by atoms with E-state index in [0.29, 0.717) is 59.6 Å². The van der Waals surface area contributed by atoms with Gasteiger partial charge >= 0.3 is 5.97 Å². The van der Waals surface area contributed by atoms with Gasteiger partial charge < -0.3 is 19.8 Å². The van der Waals surface area contributed by atoms with Crippen molar-refractivity contribution in [2.45, 2.75) is 43.1 Å². The zero-order valence-electron chi connectivity index (χ0n) is 20.8. The third-order valence-electron chi connectivity index (χ3n) is 7.25. The van der Waals surface area contributed by atoms with Crippen LogP contribution in [0.25, 0.3) is 10.9 Å². The molecular weight excluding hydrogens is 515 g/mol. The number of aliphatic carboxylic acids is 1. The number of methoxy groups -OCH3 is 1. The number of thioether (sulfide) groups is 1. The fraction of sp³-hybridized carbons (Fsp3) is 0.429. The average molecular weight is 547 g/mol. The Labute approximate surface area is 225 Å². The Morgan fingerprint density at radius 2 is 2.05 bits per heavy atom. The van der Waals surface area contributed by atoms with E-state index in [-0.39, 0.29) is 12.2 Å². The van der Waals surface area contributed by atoms with Crippen LogP contribution in [0, 0.1) is 11.2 Å². The van der Waals surface area contributed by atoms with Crippen LogP contribution in [0.4, 0.5) is 4.39 Å². The number of carbonyl (C=O) groups is 1. The third kappa shape index (κ3) is 6.74. The molecule has 0 aliphatic carbocycles. The van der Waals surface area contributed by atoms with E-state index in [9.17, 15) is 19.4 Å². The third-order valence-corrected chi connectivity index (χ3v) is 8.63. The lowest BCUT2D eigenvalue weighted by Crippen LogP contribution is -2.44. The molecule has 1 fully saturated rings. The van der Waals surface area contributed by atoms with Crippen LogP contribution >= 0.6 is 23.4 Å². The molecule has 37 heavy (non-hydrogen) atoms. The largest absolute Gasteiger partial charge is 0.497 e. The van der Waals surface area contributed by atoms with Gasteiger partial charge in [-0.05, 0) is 93.9 Å². The van der Waals surface area contributed by atoms with Crippen molar-refractivity contribution in [1.29, 1.82) is 0 Å². The summed E-state index contributed by atoms with van der Waals surface area (Å²) in [6.07, 6.45) is 3.25. The Morgan fingerprint density at radius 3 is 2.76 bits per heavy atom. The number of hydrogen-bond donors (Lipinski definition) is 2. The number of rotatable bonds is 11. The molecule has 198 valence electrons. The minimum Gasteiger partial charge on any atom is -0.497 e. The second-order valence-electron chi connectivity index (χ2n) is 9.54. The molecule has 2 heterocycles. The van der Waals surface area contributed by atoms with Gasteiger partial charge in [0.05, 0.1) is 29.2 Å². The normalized spacial score (nSPS) is 16.5. The van der Waals surface area contributed by atoms with Gasteiger partial charge in [0.1, 0.15) is 11.6 Å². The lowest BCUT2D eigenvalue weighted by Gasteiger charge is -2.39. The molecule has 1 aliphatic heterocycles. The Balaban J connectivity index is 1.33. The number of fused-ring (bicyclic) bond motifs is 1. The molecule has 3 aromatic rings. The first kappa shape index (κ1) is 27.6. The van der Waals surface area contributed by atoms with E-state index in [1.54, 1.807) is 43.1 Å². The Morgan fingerprint density at radius 1 is 1.27 bits per heavy atom. The summed E-state index contributed by atoms with van der Waals surface area (Å²) in [5, 5.41) is 22.3. The lowest BCUT2D eigenvalue weighted by atomic mass is 9.74. The van der Waals surface area contributed by atoms with Gasteiger partial charge in [-0.3, -0.25) is 9.78 Å². The fourth-order valence-electron chi connectivity index (χ4n) is 5.00. The summed E-state index contributed by atoms with van der Waals surface area (Å²) in [6.45, 7) is 2.27. The maximum atomic E-state index is 13.3. The molecule has 1 aromatic heterocycles. The van der Waals surface area contributed by atoms with Crippen molar-refractivity contribution < 1.29 is 24.1 Å². The summed E-state index contributed by atoms with van der Waals surface area (Å²) in [5.41, 5.74) is 0.372. The summed E-state index contributed by atoms with van der Waals surface area (Å²) in [4.78, 5) is 19.9. The number of benzene rings is 2. The van der Waals surface area contributed by atoms with Crippen LogP contribution in [0.1, 0.15) is 43.8 Å². The van der Waals surface area contributed by atoms with Crippen LogP contribution in [0.2, 0.25) is 5.02 Å². The maximum Gasteiger partial charge on any atom is 0.309 e. The molecule has 9 heteroatoms. The summed E-state index contributed by atoms with van der Waals surface area (Å²) in [5.74, 6) is 0.471. The van der Waals surface area contributed by atoms with Crippen LogP contribution in [-0.2, 0) is 4.79 Å². The van der Waals surface area contributed by atoms with E-state index in [1.807, 2.05) is 12.1 Å². The molecule has 2 N–H and O–H groups in total. The number of carboxylic acids is 1. The second kappa shape index (κ2) is 12.4. The van der Waals surface area contributed by atoms with Gasteiger partial charge in [0, 0.05) is 22.0 Å². The number of halogens is 2. The van der Waals surface area contributed by atoms with Crippen LogP contribution in [0.3, 0.4) is 0 Å². The number of aliphatic hydroxyl groups is 1. The number of pyridine rings is 1. The molecule has 0 saturated carbocycles. The second-order valence-corrected chi connectivity index (χ2v) is 11.1. The highest BCUT2D eigenvalue weighted by Gasteiger charge is 2.41. The number of piperidine rings is 1. The molecular formula is C28H32ClFN2O4S. The average Bonchev–Trinajstić information content (AvgIpc) is 2.90. The number of ether oxygens (including phenoxy) is 1. The molecule has 1 unspecified atom stereocenters. The number of likely N-dealkylation sites (tertiary alicyclic amines) is 1. The lowest BCUT2D eigenvalue weighted by molar-refractivity contribution is -0.153. The number of nitrogens with zero attached hydrogens (tertiary/aromatic N) is 2. The predicted octanol–water partition coefficient (Wildman–Crippen LogP) is 6.20. The minimum atomic E-state index is -0.917. The van der Waals surface area contributed by atoms with Crippen molar-refractivity contribution in [3.63, 3.8) is 0 Å². The van der Waals surface area contributed by atoms with Gasteiger partial charge in [0.25, 0.3) is 0 Å². The van der Waals surface area contributed by atoms with E-state index in [2.05, 4.69) is 9.88 Å². The quantitative estimate of drug-likeness (QED) is 0.219. The zero-order chi connectivity index (χ0) is 26.4. The van der Waals surface area contributed by atoms with Crippen molar-refractivity contribution in [2.24, 2.45) is 5.41 Å². The maximum absolute atomic E-state index is 13.3. The van der Waals surface area contributed by atoms with Gasteiger partial charge in [0.2, 0.25) is 0 Å². The van der Waals surface area contributed by atoms with E-state index >= 15 is 0 Å². The van der Waals surface area contributed by atoms with Crippen molar-refractivity contribution in [2.75, 3.05) is 32.5 Å². The fourth-order valence-corrected chi connectivity index (χ4v) is 6.16. The summed E-state index contributed by atoms with van der Waals surface area (Å²) in [7, 11) is 1.57. The highest BCUT2D eigenvalue weighted by atomic mass is 35.5. The Kier molecular flexibility index (Phi) is 9.29. The van der Waals surface area contributed by atoms with Crippen molar-refractivity contribution in [1.82, 2.24) is 9.88 Å². The first-order chi connectivity index (χ1) is 17.8. The molecule has 1 saturated heterocycles. The van der Waals surface area contributed by atoms with Crippen molar-refractivity contribution in [3.05, 3.63) is 65.1 Å². The standard InChI is InChI=1S/C28H32ClFN2O4S/c1-36-20-6-7-24-22(17-20)26(23(29)18-31-24)25(33)8-9-28(27(34)35)10-13-32(14-11-28)12-3-15-37-21-5-2-4-19(30)16-21/h2,4-7,16-18,25,33H,3,8-15H2,1H3,(H,34,35). The minimum absolute atomic E-state index is 0.227. The molecule has 1 aliphatic rings. The SMILES string of the molecule is COc1ccc2ncc(Cl)c(C(O)CCC3(C(=O)O)CCN(CCCSc4cccc(F)c4)CC3)c2c1. The molecule has 0 amide bonds. The van der Waals surface area contributed by atoms with Crippen molar-refractivity contribution in [3.8, 4) is 5.75 Å². The molecule has 4 rings (SSSR count). The van der Waals surface area contributed by atoms with E-state index < -0.39 is 17.5 Å². The highest BCUT2D eigenvalue weighted by Crippen LogP contribution is 2.41. The molecule has 0 bridgehead atoms. The molecule has 1 atom stereocenters. The Bertz CT molecular complexity index is 1240. The molecule has 6 nitrogen and oxygen atoms in total. The first-order valence-corrected chi connectivity index (χ1v) is 13.8. The number of carboxylic acid groups (broad SMARTS) is 1. The monoisotopic (exact) mass is 546 g/mol. The van der Waals surface area contributed by atoms with Gasteiger partial charge in [-0.2, -0.15) is 0 Å². The first-order valence-electron chi connectivity index (χ1n) is 12.5. The van der Waals surface area contributed by atoms with Gasteiger partial charge in [-0.1, -0.05) is 17.7 Å². The van der Waals surface area contributed by atoms with E-state index in [0.717, 1.165) is 23.6 Å². The molecule has 0 spiro atoms. The van der Waals surface area contributed by atoms with Crippen molar-refractivity contribution >= 4 is 40.2 Å². The number of aromatic nitrogens is 1. The van der Waals surface area contributed by atoms with E-state index in [4.69, 9.17) is 16.3 Å². The predicted molar refractivity (Wildman–Crippen MR) is 145 cm³/mol. The number of aliphatic hydroxyl groups excluding tert-OH is 1. The zero-order valence-corrected chi connectivity index (χ0v) is 22.4. The smallest absolute Gasteiger partial charge is 0.309 e. The van der Waals surface area contributed by atoms with Gasteiger partial charge in [-0.15, -0.1) is 11.8 Å². The van der Waals surface area contributed by atoms with Crippen LogP contribution in [-0.4, -0.2) is 58.6 Å². The van der Waals surface area contributed by atoms with Crippen LogP contribution in [0.5, 0.6) is 5.75 Å². The Hall–Kier alpha value is -2.39. The van der Waals surface area contributed by atoms with E-state index in [1.165, 1.54) is 12.3 Å². The van der Waals surface area contributed by atoms with Crippen LogP contribution < -0.4 is 4.74 Å². The molecule has 0 radical (unpaired) electrons. The number of hydrogen-bond acceptors (Lipinski definition) is 6. The molecule has 2 aromatic carbocycles. The summed E-state index contributed by atoms with van der Waals surface area (Å²) >= 11 is 8.06. The van der Waals surface area contributed by atoms with Crippen LogP contribution in [0.15, 0.2) is 53.6 Å². The highest BCUT2D eigenvalue weighted by molar-refractivity contribution is 7.99. The summed E-state index contributed by atoms with van der Waals surface area (Å²) < 4.78 is 18.7.